The van der Waals surface area contributed by atoms with Crippen LogP contribution in [0.2, 0.25) is 0 Å². The van der Waals surface area contributed by atoms with Gasteiger partial charge in [0, 0.05) is 29.3 Å². The maximum atomic E-state index is 13.3. The fourth-order valence-corrected chi connectivity index (χ4v) is 5.98. The van der Waals surface area contributed by atoms with E-state index in [1.54, 1.807) is 15.7 Å². The van der Waals surface area contributed by atoms with E-state index >= 15 is 0 Å². The van der Waals surface area contributed by atoms with E-state index in [1.807, 2.05) is 79.7 Å². The summed E-state index contributed by atoms with van der Waals surface area (Å²) in [6.45, 7) is 2.71. The van der Waals surface area contributed by atoms with E-state index in [2.05, 4.69) is 0 Å². The highest BCUT2D eigenvalue weighted by Crippen LogP contribution is 2.30. The van der Waals surface area contributed by atoms with Gasteiger partial charge in [-0.3, -0.25) is 4.79 Å². The summed E-state index contributed by atoms with van der Waals surface area (Å²) in [6.07, 6.45) is 2.46. The number of aromatic nitrogens is 1. The minimum atomic E-state index is -3.58. The average Bonchev–Trinajstić information content (AvgIpc) is 3.38. The number of aryl methyl sites for hydroxylation is 1. The van der Waals surface area contributed by atoms with Gasteiger partial charge in [0.2, 0.25) is 5.91 Å². The summed E-state index contributed by atoms with van der Waals surface area (Å²) in [5.41, 5.74) is 4.69. The van der Waals surface area contributed by atoms with Gasteiger partial charge in [0.25, 0.3) is 0 Å². The molecule has 0 fully saturated rings. The van der Waals surface area contributed by atoms with Gasteiger partial charge in [0.05, 0.1) is 10.6 Å². The van der Waals surface area contributed by atoms with Crippen LogP contribution in [0.5, 0.6) is 0 Å². The monoisotopic (exact) mass is 444 g/mol. The highest BCUT2D eigenvalue weighted by atomic mass is 32.2. The molecule has 2 heterocycles. The molecular formula is C26H24N2O3S. The summed E-state index contributed by atoms with van der Waals surface area (Å²) in [4.78, 5) is 15.2. The van der Waals surface area contributed by atoms with Crippen molar-refractivity contribution in [2.45, 2.75) is 30.5 Å². The first-order valence-corrected chi connectivity index (χ1v) is 12.3. The lowest BCUT2D eigenvalue weighted by Gasteiger charge is -2.18. The molecule has 0 spiro atoms. The number of para-hydroxylation sites is 2. The third kappa shape index (κ3) is 3.71. The second-order valence-corrected chi connectivity index (χ2v) is 10.3. The predicted octanol–water partition coefficient (Wildman–Crippen LogP) is 4.51. The van der Waals surface area contributed by atoms with E-state index in [9.17, 15) is 13.2 Å². The Kier molecular flexibility index (Phi) is 5.10. The van der Waals surface area contributed by atoms with E-state index in [1.165, 1.54) is 5.56 Å². The van der Waals surface area contributed by atoms with Gasteiger partial charge in [-0.05, 0) is 36.6 Å². The van der Waals surface area contributed by atoms with Crippen molar-refractivity contribution < 1.29 is 13.2 Å². The Morgan fingerprint density at radius 2 is 1.66 bits per heavy atom. The number of nitrogens with zero attached hydrogens (tertiary/aromatic N) is 2. The predicted molar refractivity (Wildman–Crippen MR) is 127 cm³/mol. The second-order valence-electron chi connectivity index (χ2n) is 8.31. The summed E-state index contributed by atoms with van der Waals surface area (Å²) in [5, 5.41) is 0.647. The molecule has 0 atom stereocenters. The molecule has 0 radical (unpaired) electrons. The molecule has 1 aromatic heterocycles. The lowest BCUT2D eigenvalue weighted by atomic mass is 10.2. The van der Waals surface area contributed by atoms with Crippen LogP contribution in [0.4, 0.5) is 5.69 Å². The molecule has 162 valence electrons. The van der Waals surface area contributed by atoms with Gasteiger partial charge >= 0.3 is 0 Å². The van der Waals surface area contributed by atoms with Gasteiger partial charge in [0.15, 0.2) is 9.84 Å². The Hall–Kier alpha value is -3.38. The Labute approximate surface area is 187 Å². The molecule has 1 aliphatic heterocycles. The number of fused-ring (bicyclic) bond motifs is 2. The van der Waals surface area contributed by atoms with E-state index in [0.29, 0.717) is 11.9 Å². The van der Waals surface area contributed by atoms with E-state index < -0.39 is 9.84 Å². The zero-order chi connectivity index (χ0) is 22.3. The molecule has 32 heavy (non-hydrogen) atoms. The first-order chi connectivity index (χ1) is 15.4. The number of sulfone groups is 1. The SMILES string of the molecule is Cc1ccc(CS(=O)(=O)c2cn(CC(=O)N3CCc4ccccc43)c3ccccc23)cc1. The second kappa shape index (κ2) is 7.95. The van der Waals surface area contributed by atoms with E-state index in [0.717, 1.165) is 28.8 Å². The molecule has 0 N–H and O–H groups in total. The normalized spacial score (nSPS) is 13.5. The Morgan fingerprint density at radius 1 is 0.938 bits per heavy atom. The van der Waals surface area contributed by atoms with Crippen molar-refractivity contribution in [2.24, 2.45) is 0 Å². The number of benzene rings is 3. The summed E-state index contributed by atoms with van der Waals surface area (Å²) >= 11 is 0. The van der Waals surface area contributed by atoms with Crippen LogP contribution in [0.25, 0.3) is 10.9 Å². The van der Waals surface area contributed by atoms with Gasteiger partial charge < -0.3 is 9.47 Å². The number of carbonyl (C=O) groups is 1. The van der Waals surface area contributed by atoms with Gasteiger partial charge in [0.1, 0.15) is 6.54 Å². The minimum absolute atomic E-state index is 0.0433. The van der Waals surface area contributed by atoms with Crippen molar-refractivity contribution in [2.75, 3.05) is 11.4 Å². The molecule has 0 saturated heterocycles. The van der Waals surface area contributed by atoms with Crippen LogP contribution < -0.4 is 4.90 Å². The van der Waals surface area contributed by atoms with Gasteiger partial charge in [-0.1, -0.05) is 66.2 Å². The molecular weight excluding hydrogens is 420 g/mol. The third-order valence-corrected chi connectivity index (χ3v) is 7.77. The molecule has 5 rings (SSSR count). The van der Waals surface area contributed by atoms with Gasteiger partial charge in [-0.15, -0.1) is 0 Å². The zero-order valence-corrected chi connectivity index (χ0v) is 18.7. The third-order valence-electron chi connectivity index (χ3n) is 6.06. The largest absolute Gasteiger partial charge is 0.337 e. The molecule has 0 aliphatic carbocycles. The van der Waals surface area contributed by atoms with Crippen molar-refractivity contribution in [1.82, 2.24) is 4.57 Å². The summed E-state index contributed by atoms with van der Waals surface area (Å²) in [5.74, 6) is -0.118. The van der Waals surface area contributed by atoms with Crippen molar-refractivity contribution in [3.8, 4) is 0 Å². The first-order valence-electron chi connectivity index (χ1n) is 10.7. The highest BCUT2D eigenvalue weighted by Gasteiger charge is 2.26. The molecule has 1 amide bonds. The molecule has 5 nitrogen and oxygen atoms in total. The Bertz CT molecular complexity index is 1420. The number of hydrogen-bond acceptors (Lipinski definition) is 3. The summed E-state index contributed by atoms with van der Waals surface area (Å²) < 4.78 is 28.4. The van der Waals surface area contributed by atoms with Crippen LogP contribution >= 0.6 is 0 Å². The quantitative estimate of drug-likeness (QED) is 0.455. The fraction of sp³-hybridized carbons (Fsp3) is 0.192. The minimum Gasteiger partial charge on any atom is -0.337 e. The Morgan fingerprint density at radius 3 is 2.47 bits per heavy atom. The highest BCUT2D eigenvalue weighted by molar-refractivity contribution is 7.90. The summed E-state index contributed by atoms with van der Waals surface area (Å²) in [7, 11) is -3.58. The maximum Gasteiger partial charge on any atom is 0.246 e. The van der Waals surface area contributed by atoms with E-state index in [4.69, 9.17) is 0 Å². The van der Waals surface area contributed by atoms with Crippen LogP contribution in [0, 0.1) is 6.92 Å². The molecule has 0 bridgehead atoms. The van der Waals surface area contributed by atoms with Crippen LogP contribution in [0.3, 0.4) is 0 Å². The first kappa shape index (κ1) is 20.5. The summed E-state index contributed by atoms with van der Waals surface area (Å²) in [6, 6.07) is 22.8. The van der Waals surface area contributed by atoms with Crippen molar-refractivity contribution in [3.63, 3.8) is 0 Å². The van der Waals surface area contributed by atoms with E-state index in [-0.39, 0.29) is 23.1 Å². The topological polar surface area (TPSA) is 59.4 Å². The van der Waals surface area contributed by atoms with Crippen LogP contribution in [-0.2, 0) is 33.4 Å². The standard InChI is InChI=1S/C26H24N2O3S/c1-19-10-12-20(13-11-19)18-32(30,31)25-16-27(24-9-5-3-7-22(24)25)17-26(29)28-15-14-21-6-2-4-8-23(21)28/h2-13,16H,14-15,17-18H2,1H3. The zero-order valence-electron chi connectivity index (χ0n) is 17.9. The van der Waals surface area contributed by atoms with Crippen molar-refractivity contribution in [1.29, 1.82) is 0 Å². The maximum absolute atomic E-state index is 13.3. The molecule has 0 unspecified atom stereocenters. The smallest absolute Gasteiger partial charge is 0.246 e. The molecule has 3 aromatic carbocycles. The fourth-order valence-electron chi connectivity index (χ4n) is 4.40. The van der Waals surface area contributed by atoms with Gasteiger partial charge in [-0.2, -0.15) is 0 Å². The molecule has 6 heteroatoms. The average molecular weight is 445 g/mol. The number of anilines is 1. The number of amides is 1. The van der Waals surface area contributed by atoms with Crippen molar-refractivity contribution >= 4 is 32.3 Å². The number of carbonyl (C=O) groups excluding carboxylic acids is 1. The molecule has 1 aliphatic rings. The van der Waals surface area contributed by atoms with Gasteiger partial charge in [-0.25, -0.2) is 8.42 Å². The van der Waals surface area contributed by atoms with Crippen molar-refractivity contribution in [3.05, 3.63) is 95.7 Å². The Balaban J connectivity index is 1.48. The lowest BCUT2D eigenvalue weighted by Crippen LogP contribution is -2.32. The molecule has 4 aromatic rings. The number of hydrogen-bond donors (Lipinski definition) is 0. The lowest BCUT2D eigenvalue weighted by molar-refractivity contribution is -0.119. The van der Waals surface area contributed by atoms with Crippen LogP contribution in [-0.4, -0.2) is 25.4 Å². The van der Waals surface area contributed by atoms with Crippen LogP contribution in [0.15, 0.2) is 83.9 Å². The van der Waals surface area contributed by atoms with Crippen LogP contribution in [0.1, 0.15) is 16.7 Å². The molecule has 0 saturated carbocycles. The number of rotatable bonds is 5.